The van der Waals surface area contributed by atoms with Crippen LogP contribution >= 0.6 is 0 Å². The average molecular weight is 261 g/mol. The molecule has 2 aromatic rings. The Kier molecular flexibility index (Phi) is 3.46. The lowest BCUT2D eigenvalue weighted by Crippen LogP contribution is -2.29. The van der Waals surface area contributed by atoms with Crippen molar-refractivity contribution in [2.24, 2.45) is 0 Å². The standard InChI is InChI=1S/C14H19N3O2/c1-5-11-6-7-12(19-11)13-15-8-10(16-13)9-17(18)14(2,3)4/h6-9H,5H2,1-4H3,(H,15,16)/b17-9-. The molecule has 0 aromatic carbocycles. The number of hydroxylamine groups is 1. The van der Waals surface area contributed by atoms with E-state index in [2.05, 4.69) is 9.97 Å². The number of H-pyrrole nitrogens is 1. The zero-order valence-electron chi connectivity index (χ0n) is 11.7. The highest BCUT2D eigenvalue weighted by molar-refractivity contribution is 5.73. The van der Waals surface area contributed by atoms with Gasteiger partial charge < -0.3 is 14.6 Å². The van der Waals surface area contributed by atoms with Crippen LogP contribution in [0.1, 0.15) is 39.1 Å². The molecule has 5 heteroatoms. The lowest BCUT2D eigenvalue weighted by atomic mass is 10.1. The van der Waals surface area contributed by atoms with Gasteiger partial charge in [-0.15, -0.1) is 0 Å². The van der Waals surface area contributed by atoms with Gasteiger partial charge in [-0.2, -0.15) is 0 Å². The minimum absolute atomic E-state index is 0.473. The number of hydrogen-bond donors (Lipinski definition) is 1. The van der Waals surface area contributed by atoms with E-state index in [1.54, 1.807) is 6.20 Å². The Morgan fingerprint density at radius 1 is 1.42 bits per heavy atom. The van der Waals surface area contributed by atoms with E-state index in [9.17, 15) is 5.21 Å². The Bertz CT molecular complexity index is 588. The highest BCUT2D eigenvalue weighted by Gasteiger charge is 2.19. The van der Waals surface area contributed by atoms with Crippen LogP contribution in [0, 0.1) is 5.21 Å². The van der Waals surface area contributed by atoms with Crippen molar-refractivity contribution in [1.29, 1.82) is 0 Å². The van der Waals surface area contributed by atoms with E-state index in [1.165, 1.54) is 6.21 Å². The third-order valence-corrected chi connectivity index (χ3v) is 2.75. The second kappa shape index (κ2) is 4.91. The SMILES string of the molecule is CCc1ccc(-c2nc(/C=[N+](\[O-])C(C)(C)C)c[nH]2)o1. The lowest BCUT2D eigenvalue weighted by Gasteiger charge is -2.17. The Hall–Kier alpha value is -2.04. The summed E-state index contributed by atoms with van der Waals surface area (Å²) in [6.07, 6.45) is 4.02. The molecule has 2 heterocycles. The summed E-state index contributed by atoms with van der Waals surface area (Å²) in [4.78, 5) is 7.35. The maximum atomic E-state index is 11.8. The molecule has 0 unspecified atom stereocenters. The Labute approximate surface area is 112 Å². The number of aromatic nitrogens is 2. The number of hydrogen-bond acceptors (Lipinski definition) is 3. The van der Waals surface area contributed by atoms with Crippen LogP contribution in [0.4, 0.5) is 0 Å². The quantitative estimate of drug-likeness (QED) is 0.400. The number of nitrogens with zero attached hydrogens (tertiary/aromatic N) is 2. The number of imidazole rings is 1. The van der Waals surface area contributed by atoms with E-state index >= 15 is 0 Å². The van der Waals surface area contributed by atoms with E-state index < -0.39 is 5.54 Å². The van der Waals surface area contributed by atoms with Crippen molar-refractivity contribution in [1.82, 2.24) is 9.97 Å². The van der Waals surface area contributed by atoms with E-state index in [0.29, 0.717) is 17.3 Å². The molecule has 19 heavy (non-hydrogen) atoms. The molecule has 0 amide bonds. The molecule has 0 saturated carbocycles. The summed E-state index contributed by atoms with van der Waals surface area (Å²) in [6, 6.07) is 3.80. The summed E-state index contributed by atoms with van der Waals surface area (Å²) in [7, 11) is 0. The van der Waals surface area contributed by atoms with Gasteiger partial charge in [0, 0.05) is 33.4 Å². The van der Waals surface area contributed by atoms with Gasteiger partial charge >= 0.3 is 0 Å². The van der Waals surface area contributed by atoms with Crippen LogP contribution in [0.5, 0.6) is 0 Å². The first kappa shape index (κ1) is 13.4. The second-order valence-electron chi connectivity index (χ2n) is 5.42. The largest absolute Gasteiger partial charge is 0.623 e. The fraction of sp³-hybridized carbons (Fsp3) is 0.429. The van der Waals surface area contributed by atoms with Gasteiger partial charge in [0.25, 0.3) is 0 Å². The predicted molar refractivity (Wildman–Crippen MR) is 74.2 cm³/mol. The van der Waals surface area contributed by atoms with Crippen molar-refractivity contribution >= 4 is 6.21 Å². The molecule has 0 atom stereocenters. The Morgan fingerprint density at radius 3 is 2.74 bits per heavy atom. The maximum Gasteiger partial charge on any atom is 0.202 e. The van der Waals surface area contributed by atoms with Crippen molar-refractivity contribution in [2.75, 3.05) is 0 Å². The molecule has 1 N–H and O–H groups in total. The average Bonchev–Trinajstić information content (AvgIpc) is 2.95. The molecule has 0 radical (unpaired) electrons. The van der Waals surface area contributed by atoms with Gasteiger partial charge in [-0.25, -0.2) is 9.72 Å². The minimum atomic E-state index is -0.473. The minimum Gasteiger partial charge on any atom is -0.623 e. The van der Waals surface area contributed by atoms with E-state index in [-0.39, 0.29) is 0 Å². The molecule has 2 aromatic heterocycles. The first-order valence-corrected chi connectivity index (χ1v) is 6.36. The smallest absolute Gasteiger partial charge is 0.202 e. The van der Waals surface area contributed by atoms with Crippen LogP contribution in [0.2, 0.25) is 0 Å². The third kappa shape index (κ3) is 3.05. The molecular weight excluding hydrogens is 242 g/mol. The zero-order valence-corrected chi connectivity index (χ0v) is 11.7. The molecule has 0 aliphatic rings. The molecule has 0 spiro atoms. The van der Waals surface area contributed by atoms with Crippen molar-refractivity contribution in [3.63, 3.8) is 0 Å². The van der Waals surface area contributed by atoms with E-state index in [4.69, 9.17) is 4.42 Å². The molecule has 0 bridgehead atoms. The van der Waals surface area contributed by atoms with Gasteiger partial charge in [0.05, 0.1) is 0 Å². The molecule has 0 saturated heterocycles. The topological polar surface area (TPSA) is 67.9 Å². The molecule has 0 aliphatic heterocycles. The van der Waals surface area contributed by atoms with Crippen LogP contribution in [0.3, 0.4) is 0 Å². The normalized spacial score (nSPS) is 12.9. The van der Waals surface area contributed by atoms with E-state index in [1.807, 2.05) is 39.8 Å². The molecule has 0 aliphatic carbocycles. The van der Waals surface area contributed by atoms with Crippen molar-refractivity contribution in [3.8, 4) is 11.6 Å². The summed E-state index contributed by atoms with van der Waals surface area (Å²) >= 11 is 0. The number of rotatable bonds is 3. The molecular formula is C14H19N3O2. The molecule has 5 nitrogen and oxygen atoms in total. The predicted octanol–water partition coefficient (Wildman–Crippen LogP) is 2.96. The third-order valence-electron chi connectivity index (χ3n) is 2.75. The Morgan fingerprint density at radius 2 is 2.16 bits per heavy atom. The van der Waals surface area contributed by atoms with Gasteiger partial charge in [-0.05, 0) is 12.1 Å². The van der Waals surface area contributed by atoms with Crippen molar-refractivity contribution in [2.45, 2.75) is 39.7 Å². The number of furan rings is 1. The fourth-order valence-electron chi connectivity index (χ4n) is 1.54. The van der Waals surface area contributed by atoms with E-state index in [0.717, 1.165) is 16.9 Å². The summed E-state index contributed by atoms with van der Waals surface area (Å²) < 4.78 is 6.50. The van der Waals surface area contributed by atoms with Crippen LogP contribution in [0.15, 0.2) is 22.7 Å². The summed E-state index contributed by atoms with van der Waals surface area (Å²) in [6.45, 7) is 7.58. The van der Waals surface area contributed by atoms with Gasteiger partial charge in [-0.1, -0.05) is 6.92 Å². The fourth-order valence-corrected chi connectivity index (χ4v) is 1.54. The maximum absolute atomic E-state index is 11.8. The van der Waals surface area contributed by atoms with Crippen LogP contribution in [-0.4, -0.2) is 26.5 Å². The van der Waals surface area contributed by atoms with Crippen LogP contribution in [0.25, 0.3) is 11.6 Å². The highest BCUT2D eigenvalue weighted by Crippen LogP contribution is 2.19. The van der Waals surface area contributed by atoms with Gasteiger partial charge in [0.15, 0.2) is 17.1 Å². The van der Waals surface area contributed by atoms with Crippen molar-refractivity contribution in [3.05, 3.63) is 35.0 Å². The van der Waals surface area contributed by atoms with Gasteiger partial charge in [0.2, 0.25) is 6.21 Å². The van der Waals surface area contributed by atoms with Crippen LogP contribution in [-0.2, 0) is 6.42 Å². The second-order valence-corrected chi connectivity index (χ2v) is 5.42. The molecule has 2 rings (SSSR count). The first-order chi connectivity index (χ1) is 8.90. The highest BCUT2D eigenvalue weighted by atomic mass is 16.5. The monoisotopic (exact) mass is 261 g/mol. The van der Waals surface area contributed by atoms with Gasteiger partial charge in [0.1, 0.15) is 11.5 Å². The molecule has 102 valence electrons. The van der Waals surface area contributed by atoms with Gasteiger partial charge in [-0.3, -0.25) is 0 Å². The zero-order chi connectivity index (χ0) is 14.0. The summed E-state index contributed by atoms with van der Waals surface area (Å²) in [5.41, 5.74) is 0.119. The summed E-state index contributed by atoms with van der Waals surface area (Å²) in [5, 5.41) is 11.8. The molecule has 0 fully saturated rings. The first-order valence-electron chi connectivity index (χ1n) is 6.36. The number of aromatic amines is 1. The van der Waals surface area contributed by atoms with Crippen LogP contribution < -0.4 is 0 Å². The van der Waals surface area contributed by atoms with Crippen molar-refractivity contribution < 1.29 is 9.16 Å². The Balaban J connectivity index is 2.24. The number of nitrogens with one attached hydrogen (secondary N) is 1. The summed E-state index contributed by atoms with van der Waals surface area (Å²) in [5.74, 6) is 2.23. The lowest BCUT2D eigenvalue weighted by molar-refractivity contribution is -0.530. The number of aryl methyl sites for hydroxylation is 1.